The Balaban J connectivity index is 2.10. The lowest BCUT2D eigenvalue weighted by Gasteiger charge is -2.08. The number of nitrogens with zero attached hydrogens (tertiary/aromatic N) is 3. The van der Waals surface area contributed by atoms with Gasteiger partial charge in [0.05, 0.1) is 5.01 Å². The summed E-state index contributed by atoms with van der Waals surface area (Å²) in [5, 5.41) is 12.9. The van der Waals surface area contributed by atoms with Gasteiger partial charge in [0.2, 0.25) is 0 Å². The number of hydrogen-bond donors (Lipinski definition) is 1. The second-order valence-corrected chi connectivity index (χ2v) is 4.44. The maximum absolute atomic E-state index is 9.94. The zero-order chi connectivity index (χ0) is 10.8. The van der Waals surface area contributed by atoms with Crippen LogP contribution in [0.3, 0.4) is 0 Å². The van der Waals surface area contributed by atoms with E-state index in [4.69, 9.17) is 0 Å². The molecule has 4 nitrogen and oxygen atoms in total. The predicted molar refractivity (Wildman–Crippen MR) is 58.7 cm³/mol. The van der Waals surface area contributed by atoms with Crippen molar-refractivity contribution in [3.05, 3.63) is 34.3 Å². The largest absolute Gasteiger partial charge is 0.385 e. The Morgan fingerprint density at radius 1 is 1.60 bits per heavy atom. The molecule has 0 amide bonds. The molecular formula is C10H13N3OS. The highest BCUT2D eigenvalue weighted by Crippen LogP contribution is 2.18. The molecule has 0 radical (unpaired) electrons. The number of rotatable bonds is 3. The van der Waals surface area contributed by atoms with Gasteiger partial charge in [0.25, 0.3) is 0 Å². The fourth-order valence-electron chi connectivity index (χ4n) is 1.45. The molecule has 1 unspecified atom stereocenters. The Kier molecular flexibility index (Phi) is 2.83. The molecule has 0 aromatic carbocycles. The number of thiazole rings is 1. The third-order valence-electron chi connectivity index (χ3n) is 2.19. The molecule has 15 heavy (non-hydrogen) atoms. The normalized spacial score (nSPS) is 13.0. The maximum Gasteiger partial charge on any atom is 0.137 e. The lowest BCUT2D eigenvalue weighted by atomic mass is 10.2. The Labute approximate surface area is 92.2 Å². The van der Waals surface area contributed by atoms with Crippen molar-refractivity contribution in [1.82, 2.24) is 14.5 Å². The van der Waals surface area contributed by atoms with Crippen molar-refractivity contribution in [2.24, 2.45) is 7.05 Å². The van der Waals surface area contributed by atoms with Gasteiger partial charge in [-0.3, -0.25) is 0 Å². The topological polar surface area (TPSA) is 50.9 Å². The highest BCUT2D eigenvalue weighted by molar-refractivity contribution is 7.09. The smallest absolute Gasteiger partial charge is 0.137 e. The minimum atomic E-state index is -0.574. The molecule has 0 aliphatic carbocycles. The first-order valence-corrected chi connectivity index (χ1v) is 5.61. The number of aryl methyl sites for hydroxylation is 2. The van der Waals surface area contributed by atoms with Crippen molar-refractivity contribution in [2.75, 3.05) is 0 Å². The van der Waals surface area contributed by atoms with Crippen LogP contribution in [0.1, 0.15) is 22.6 Å². The Morgan fingerprint density at radius 2 is 2.40 bits per heavy atom. The number of imidazole rings is 1. The highest BCUT2D eigenvalue weighted by atomic mass is 32.1. The summed E-state index contributed by atoms with van der Waals surface area (Å²) in [7, 11) is 1.87. The van der Waals surface area contributed by atoms with Crippen molar-refractivity contribution in [1.29, 1.82) is 0 Å². The average molecular weight is 223 g/mol. The van der Waals surface area contributed by atoms with Crippen molar-refractivity contribution in [2.45, 2.75) is 19.4 Å². The first kappa shape index (κ1) is 10.3. The summed E-state index contributed by atoms with van der Waals surface area (Å²) in [6, 6.07) is 0. The molecule has 5 heteroatoms. The summed E-state index contributed by atoms with van der Waals surface area (Å²) in [5.41, 5.74) is 1.00. The molecule has 0 spiro atoms. The number of aliphatic hydroxyl groups is 1. The van der Waals surface area contributed by atoms with Crippen LogP contribution in [-0.2, 0) is 13.5 Å². The lowest BCUT2D eigenvalue weighted by Crippen LogP contribution is -2.08. The van der Waals surface area contributed by atoms with E-state index in [1.165, 1.54) is 0 Å². The van der Waals surface area contributed by atoms with Crippen LogP contribution >= 0.6 is 11.3 Å². The number of hydrogen-bond acceptors (Lipinski definition) is 4. The van der Waals surface area contributed by atoms with E-state index in [-0.39, 0.29) is 0 Å². The standard InChI is InChI=1S/C10H13N3OS/c1-7-6-15-9(12-7)5-8(14)10-11-3-4-13(10)2/h3-4,6,8,14H,5H2,1-2H3. The van der Waals surface area contributed by atoms with Gasteiger partial charge < -0.3 is 9.67 Å². The molecule has 2 aromatic heterocycles. The number of aromatic nitrogens is 3. The second kappa shape index (κ2) is 4.12. The predicted octanol–water partition coefficient (Wildman–Crippen LogP) is 1.46. The van der Waals surface area contributed by atoms with Gasteiger partial charge in [0, 0.05) is 36.9 Å². The summed E-state index contributed by atoms with van der Waals surface area (Å²) in [6.07, 6.45) is 3.47. The van der Waals surface area contributed by atoms with Crippen molar-refractivity contribution >= 4 is 11.3 Å². The van der Waals surface area contributed by atoms with E-state index in [1.807, 2.05) is 30.1 Å². The zero-order valence-electron chi connectivity index (χ0n) is 8.71. The van der Waals surface area contributed by atoms with Crippen molar-refractivity contribution < 1.29 is 5.11 Å². The van der Waals surface area contributed by atoms with Crippen LogP contribution in [0.4, 0.5) is 0 Å². The first-order valence-electron chi connectivity index (χ1n) is 4.73. The Morgan fingerprint density at radius 3 is 2.93 bits per heavy atom. The SMILES string of the molecule is Cc1csc(CC(O)c2nccn2C)n1. The van der Waals surface area contributed by atoms with E-state index in [0.717, 1.165) is 10.7 Å². The minimum Gasteiger partial charge on any atom is -0.385 e. The Bertz CT molecular complexity index is 449. The fraction of sp³-hybridized carbons (Fsp3) is 0.400. The molecule has 1 atom stereocenters. The zero-order valence-corrected chi connectivity index (χ0v) is 9.53. The molecule has 80 valence electrons. The van der Waals surface area contributed by atoms with Crippen LogP contribution in [-0.4, -0.2) is 19.6 Å². The third kappa shape index (κ3) is 2.24. The molecule has 0 bridgehead atoms. The van der Waals surface area contributed by atoms with E-state index in [1.54, 1.807) is 17.5 Å². The van der Waals surface area contributed by atoms with Gasteiger partial charge in [-0.15, -0.1) is 11.3 Å². The van der Waals surface area contributed by atoms with Crippen LogP contribution < -0.4 is 0 Å². The summed E-state index contributed by atoms with van der Waals surface area (Å²) < 4.78 is 1.82. The fourth-order valence-corrected chi connectivity index (χ4v) is 2.26. The van der Waals surface area contributed by atoms with Gasteiger partial charge in [-0.2, -0.15) is 0 Å². The van der Waals surface area contributed by atoms with E-state index in [0.29, 0.717) is 12.2 Å². The summed E-state index contributed by atoms with van der Waals surface area (Å²) in [5.74, 6) is 0.683. The van der Waals surface area contributed by atoms with Gasteiger partial charge >= 0.3 is 0 Å². The molecule has 0 aliphatic rings. The van der Waals surface area contributed by atoms with Crippen molar-refractivity contribution in [3.63, 3.8) is 0 Å². The van der Waals surface area contributed by atoms with Gasteiger partial charge in [-0.1, -0.05) is 0 Å². The maximum atomic E-state index is 9.94. The molecule has 1 N–H and O–H groups in total. The molecule has 2 rings (SSSR count). The summed E-state index contributed by atoms with van der Waals surface area (Å²) >= 11 is 1.57. The van der Waals surface area contributed by atoms with E-state index in [2.05, 4.69) is 9.97 Å². The van der Waals surface area contributed by atoms with E-state index in [9.17, 15) is 5.11 Å². The third-order valence-corrected chi connectivity index (χ3v) is 3.18. The van der Waals surface area contributed by atoms with E-state index >= 15 is 0 Å². The molecule has 2 heterocycles. The molecule has 0 fully saturated rings. The quantitative estimate of drug-likeness (QED) is 0.857. The van der Waals surface area contributed by atoms with Gasteiger partial charge in [-0.05, 0) is 6.92 Å². The van der Waals surface area contributed by atoms with Gasteiger partial charge in [0.1, 0.15) is 11.9 Å². The molecule has 0 saturated heterocycles. The highest BCUT2D eigenvalue weighted by Gasteiger charge is 2.14. The van der Waals surface area contributed by atoms with Gasteiger partial charge in [0.15, 0.2) is 0 Å². The Hall–Kier alpha value is -1.20. The van der Waals surface area contributed by atoms with Crippen LogP contribution in [0.2, 0.25) is 0 Å². The van der Waals surface area contributed by atoms with Gasteiger partial charge in [-0.25, -0.2) is 9.97 Å². The summed E-state index contributed by atoms with van der Waals surface area (Å²) in [4.78, 5) is 8.42. The van der Waals surface area contributed by atoms with E-state index < -0.39 is 6.10 Å². The average Bonchev–Trinajstić information content (AvgIpc) is 2.75. The number of aliphatic hydroxyl groups excluding tert-OH is 1. The molecule has 2 aromatic rings. The monoisotopic (exact) mass is 223 g/mol. The summed E-state index contributed by atoms with van der Waals surface area (Å²) in [6.45, 7) is 1.95. The molecule has 0 aliphatic heterocycles. The van der Waals surface area contributed by atoms with Crippen LogP contribution in [0.25, 0.3) is 0 Å². The minimum absolute atomic E-state index is 0.531. The lowest BCUT2D eigenvalue weighted by molar-refractivity contribution is 0.165. The molecular weight excluding hydrogens is 210 g/mol. The van der Waals surface area contributed by atoms with Crippen LogP contribution in [0.5, 0.6) is 0 Å². The first-order chi connectivity index (χ1) is 7.16. The van der Waals surface area contributed by atoms with Crippen LogP contribution in [0, 0.1) is 6.92 Å². The van der Waals surface area contributed by atoms with Crippen molar-refractivity contribution in [3.8, 4) is 0 Å². The molecule has 0 saturated carbocycles. The van der Waals surface area contributed by atoms with Crippen LogP contribution in [0.15, 0.2) is 17.8 Å². The second-order valence-electron chi connectivity index (χ2n) is 3.50.